The lowest BCUT2D eigenvalue weighted by Crippen LogP contribution is -2.23. The summed E-state index contributed by atoms with van der Waals surface area (Å²) in [4.78, 5) is 34.1. The average molecular weight is 485 g/mol. The molecule has 0 atom stereocenters. The molecule has 11 heteroatoms. The van der Waals surface area contributed by atoms with E-state index in [0.29, 0.717) is 28.8 Å². The Bertz CT molecular complexity index is 1330. The Morgan fingerprint density at radius 3 is 2.44 bits per heavy atom. The normalized spacial score (nSPS) is 14.1. The van der Waals surface area contributed by atoms with Crippen LogP contribution >= 0.6 is 11.3 Å². The second-order valence-electron chi connectivity index (χ2n) is 6.94. The number of ether oxygens (including phenoxy) is 3. The number of methoxy groups -OCH3 is 2. The molecule has 0 saturated carbocycles. The zero-order valence-corrected chi connectivity index (χ0v) is 19.0. The number of cyclic esters (lactones) is 1. The van der Waals surface area contributed by atoms with Crippen molar-refractivity contribution in [2.45, 2.75) is 6.92 Å². The first-order valence-electron chi connectivity index (χ1n) is 9.76. The summed E-state index contributed by atoms with van der Waals surface area (Å²) in [7, 11) is 2.99. The Morgan fingerprint density at radius 2 is 1.82 bits per heavy atom. The Kier molecular flexibility index (Phi) is 6.37. The van der Waals surface area contributed by atoms with E-state index in [4.69, 9.17) is 14.2 Å². The molecule has 8 nitrogen and oxygen atoms in total. The zero-order chi connectivity index (χ0) is 24.4. The Morgan fingerprint density at radius 1 is 1.12 bits per heavy atom. The van der Waals surface area contributed by atoms with Gasteiger partial charge < -0.3 is 14.2 Å². The maximum atomic E-state index is 14.3. The number of thiazole rings is 1. The van der Waals surface area contributed by atoms with Crippen LogP contribution in [0.2, 0.25) is 0 Å². The maximum absolute atomic E-state index is 14.3. The van der Waals surface area contributed by atoms with Crippen LogP contribution in [0.4, 0.5) is 19.6 Å². The van der Waals surface area contributed by atoms with Gasteiger partial charge in [-0.25, -0.2) is 23.6 Å². The van der Waals surface area contributed by atoms with Gasteiger partial charge in [0.25, 0.3) is 0 Å². The van der Waals surface area contributed by atoms with Crippen molar-refractivity contribution in [3.63, 3.8) is 0 Å². The van der Waals surface area contributed by atoms with Gasteiger partial charge in [0, 0.05) is 30.0 Å². The Hall–Kier alpha value is -4.12. The van der Waals surface area contributed by atoms with Gasteiger partial charge in [-0.1, -0.05) is 0 Å². The average Bonchev–Trinajstić information content (AvgIpc) is 3.41. The molecule has 174 valence electrons. The summed E-state index contributed by atoms with van der Waals surface area (Å²) in [6.45, 7) is 1.23. The fourth-order valence-electron chi connectivity index (χ4n) is 3.12. The third-order valence-corrected chi connectivity index (χ3v) is 5.51. The molecule has 1 aromatic heterocycles. The number of rotatable bonds is 6. The van der Waals surface area contributed by atoms with E-state index in [9.17, 15) is 18.4 Å². The molecule has 0 unspecified atom stereocenters. The van der Waals surface area contributed by atoms with E-state index in [1.165, 1.54) is 27.2 Å². The summed E-state index contributed by atoms with van der Waals surface area (Å²) in [5, 5.41) is 1.70. The topological polar surface area (TPSA) is 90.3 Å². The van der Waals surface area contributed by atoms with Crippen molar-refractivity contribution in [3.8, 4) is 11.5 Å². The molecule has 0 radical (unpaired) electrons. The maximum Gasteiger partial charge on any atom is 0.363 e. The number of amides is 1. The van der Waals surface area contributed by atoms with E-state index in [1.54, 1.807) is 23.6 Å². The highest BCUT2D eigenvalue weighted by molar-refractivity contribution is 7.14. The highest BCUT2D eigenvalue weighted by Gasteiger charge is 2.26. The van der Waals surface area contributed by atoms with Crippen LogP contribution in [0.3, 0.4) is 0 Å². The van der Waals surface area contributed by atoms with Crippen molar-refractivity contribution in [1.82, 2.24) is 4.98 Å². The first-order chi connectivity index (χ1) is 16.3. The van der Waals surface area contributed by atoms with Gasteiger partial charge in [-0.3, -0.25) is 9.69 Å². The van der Waals surface area contributed by atoms with Gasteiger partial charge in [-0.05, 0) is 30.3 Å². The van der Waals surface area contributed by atoms with Crippen molar-refractivity contribution in [2.24, 2.45) is 4.99 Å². The molecular formula is C23H17F2N3O5S. The third kappa shape index (κ3) is 4.64. The fourth-order valence-corrected chi connectivity index (χ4v) is 3.96. The number of hydrogen-bond donors (Lipinski definition) is 0. The molecule has 0 N–H and O–H groups in total. The molecule has 3 aromatic rings. The van der Waals surface area contributed by atoms with Crippen molar-refractivity contribution in [3.05, 3.63) is 70.4 Å². The first kappa shape index (κ1) is 23.1. The van der Waals surface area contributed by atoms with Gasteiger partial charge in [0.05, 0.1) is 25.6 Å². The van der Waals surface area contributed by atoms with Crippen LogP contribution in [0, 0.1) is 11.6 Å². The minimum absolute atomic E-state index is 0.0176. The number of anilines is 2. The van der Waals surface area contributed by atoms with Crippen LogP contribution in [0.25, 0.3) is 6.08 Å². The molecule has 34 heavy (non-hydrogen) atoms. The number of esters is 1. The second-order valence-corrected chi connectivity index (χ2v) is 7.78. The molecule has 2 aromatic carbocycles. The standard InChI is InChI=1S/C23H17F2N3O5S/c1-12(29)28(20-5-4-14(24)8-18(20)25)23-26-15(11-34-23)9-19-22(30)33-21(27-19)13-6-16(31-2)10-17(7-13)32-3/h4-11H,1-3H3/b19-9+. The van der Waals surface area contributed by atoms with Gasteiger partial charge in [-0.15, -0.1) is 11.3 Å². The molecule has 1 amide bonds. The largest absolute Gasteiger partial charge is 0.497 e. The molecule has 1 aliphatic heterocycles. The van der Waals surface area contributed by atoms with E-state index in [-0.39, 0.29) is 22.4 Å². The predicted octanol–water partition coefficient (Wildman–Crippen LogP) is 4.47. The lowest BCUT2D eigenvalue weighted by Gasteiger charge is -2.18. The van der Waals surface area contributed by atoms with Crippen LogP contribution in [-0.4, -0.2) is 37.0 Å². The Labute approximate surface area is 196 Å². The molecule has 0 spiro atoms. The first-order valence-corrected chi connectivity index (χ1v) is 10.6. The van der Waals surface area contributed by atoms with Crippen LogP contribution < -0.4 is 14.4 Å². The van der Waals surface area contributed by atoms with Crippen LogP contribution in [0.1, 0.15) is 18.2 Å². The summed E-state index contributed by atoms with van der Waals surface area (Å²) >= 11 is 1.04. The minimum Gasteiger partial charge on any atom is -0.497 e. The molecule has 0 aliphatic carbocycles. The highest BCUT2D eigenvalue weighted by atomic mass is 32.1. The number of benzene rings is 2. The SMILES string of the molecule is COc1cc(OC)cc(C2=N/C(=C/c3csc(N(C(C)=O)c4ccc(F)cc4F)n3)C(=O)O2)c1. The van der Waals surface area contributed by atoms with Gasteiger partial charge >= 0.3 is 5.97 Å². The molecule has 4 rings (SSSR count). The minimum atomic E-state index is -0.910. The van der Waals surface area contributed by atoms with Crippen LogP contribution in [0.15, 0.2) is 52.5 Å². The lowest BCUT2D eigenvalue weighted by molar-refractivity contribution is -0.130. The molecule has 0 saturated heterocycles. The summed E-state index contributed by atoms with van der Waals surface area (Å²) in [5.74, 6) is -1.85. The summed E-state index contributed by atoms with van der Waals surface area (Å²) in [5.41, 5.74) is 0.612. The number of hydrogen-bond acceptors (Lipinski definition) is 8. The van der Waals surface area contributed by atoms with E-state index in [0.717, 1.165) is 28.4 Å². The van der Waals surface area contributed by atoms with Crippen molar-refractivity contribution in [2.75, 3.05) is 19.1 Å². The highest BCUT2D eigenvalue weighted by Crippen LogP contribution is 2.32. The van der Waals surface area contributed by atoms with Crippen molar-refractivity contribution >= 4 is 46.0 Å². The lowest BCUT2D eigenvalue weighted by atomic mass is 10.2. The predicted molar refractivity (Wildman–Crippen MR) is 121 cm³/mol. The summed E-state index contributed by atoms with van der Waals surface area (Å²) in [6.07, 6.45) is 1.38. The summed E-state index contributed by atoms with van der Waals surface area (Å²) < 4.78 is 43.3. The smallest absolute Gasteiger partial charge is 0.363 e. The number of halogens is 2. The number of aromatic nitrogens is 1. The number of carbonyl (C=O) groups is 2. The second kappa shape index (κ2) is 9.40. The van der Waals surface area contributed by atoms with Gasteiger partial charge in [0.15, 0.2) is 10.8 Å². The van der Waals surface area contributed by atoms with Crippen LogP contribution in [0.5, 0.6) is 11.5 Å². The molecule has 2 heterocycles. The van der Waals surface area contributed by atoms with Crippen LogP contribution in [-0.2, 0) is 14.3 Å². The molecular weight excluding hydrogens is 468 g/mol. The number of carbonyl (C=O) groups excluding carboxylic acids is 2. The number of aliphatic imine (C=N–C) groups is 1. The number of nitrogens with zero attached hydrogens (tertiary/aromatic N) is 3. The van der Waals surface area contributed by atoms with Crippen molar-refractivity contribution in [1.29, 1.82) is 0 Å². The van der Waals surface area contributed by atoms with Gasteiger partial charge in [0.2, 0.25) is 11.8 Å². The van der Waals surface area contributed by atoms with E-state index in [1.807, 2.05) is 0 Å². The molecule has 0 bridgehead atoms. The van der Waals surface area contributed by atoms with Crippen molar-refractivity contribution < 1.29 is 32.6 Å². The summed E-state index contributed by atoms with van der Waals surface area (Å²) in [6, 6.07) is 7.82. The Balaban J connectivity index is 1.65. The fraction of sp³-hybridized carbons (Fsp3) is 0.130. The van der Waals surface area contributed by atoms with E-state index in [2.05, 4.69) is 9.98 Å². The monoisotopic (exact) mass is 485 g/mol. The quantitative estimate of drug-likeness (QED) is 0.378. The van der Waals surface area contributed by atoms with Gasteiger partial charge in [0.1, 0.15) is 23.1 Å². The zero-order valence-electron chi connectivity index (χ0n) is 18.2. The van der Waals surface area contributed by atoms with Gasteiger partial charge in [-0.2, -0.15) is 0 Å². The molecule has 1 aliphatic rings. The van der Waals surface area contributed by atoms with E-state index < -0.39 is 23.5 Å². The molecule has 0 fully saturated rings. The van der Waals surface area contributed by atoms with E-state index >= 15 is 0 Å². The third-order valence-electron chi connectivity index (χ3n) is 4.67.